The molecule has 1 aromatic heterocycles. The maximum atomic E-state index is 9.92. The number of ether oxygens (including phenoxy) is 1. The molecular formula is C15H27N3O2. The summed E-state index contributed by atoms with van der Waals surface area (Å²) in [6, 6.07) is 0. The molecule has 1 heterocycles. The van der Waals surface area contributed by atoms with Gasteiger partial charge in [-0.25, -0.2) is 0 Å². The molecule has 114 valence electrons. The Balaban J connectivity index is 1.60. The van der Waals surface area contributed by atoms with E-state index in [4.69, 9.17) is 4.74 Å². The molecule has 1 aliphatic rings. The summed E-state index contributed by atoms with van der Waals surface area (Å²) in [5.74, 6) is 0. The molecule has 0 aromatic carbocycles. The second kappa shape index (κ2) is 7.76. The van der Waals surface area contributed by atoms with Gasteiger partial charge in [0.25, 0.3) is 0 Å². The van der Waals surface area contributed by atoms with Crippen LogP contribution in [0.2, 0.25) is 0 Å². The van der Waals surface area contributed by atoms with Crippen molar-refractivity contribution in [1.82, 2.24) is 15.1 Å². The number of aryl methyl sites for hydroxylation is 2. The fraction of sp³-hybridized carbons (Fsp3) is 0.800. The minimum absolute atomic E-state index is 0.360. The summed E-state index contributed by atoms with van der Waals surface area (Å²) >= 11 is 0. The molecule has 2 rings (SSSR count). The lowest BCUT2D eigenvalue weighted by Crippen LogP contribution is -2.32. The quantitative estimate of drug-likeness (QED) is 0.796. The number of nitrogens with zero attached hydrogens (tertiary/aromatic N) is 2. The first-order valence-electron chi connectivity index (χ1n) is 7.64. The van der Waals surface area contributed by atoms with Crippen molar-refractivity contribution in [3.05, 3.63) is 17.5 Å². The highest BCUT2D eigenvalue weighted by Crippen LogP contribution is 2.20. The summed E-state index contributed by atoms with van der Waals surface area (Å²) in [6.45, 7) is 3.73. The molecular weight excluding hydrogens is 254 g/mol. The van der Waals surface area contributed by atoms with Gasteiger partial charge in [0.2, 0.25) is 0 Å². The van der Waals surface area contributed by atoms with E-state index >= 15 is 0 Å². The molecule has 0 bridgehead atoms. The van der Waals surface area contributed by atoms with Crippen molar-refractivity contribution in [1.29, 1.82) is 0 Å². The van der Waals surface area contributed by atoms with Crippen molar-refractivity contribution in [2.24, 2.45) is 7.05 Å². The molecule has 1 unspecified atom stereocenters. The Morgan fingerprint density at radius 2 is 2.20 bits per heavy atom. The lowest BCUT2D eigenvalue weighted by atomic mass is 9.98. The van der Waals surface area contributed by atoms with E-state index in [2.05, 4.69) is 10.4 Å². The number of hydrogen-bond donors (Lipinski definition) is 2. The van der Waals surface area contributed by atoms with Gasteiger partial charge in [0.05, 0.1) is 24.5 Å². The molecule has 5 nitrogen and oxygen atoms in total. The fourth-order valence-corrected chi connectivity index (χ4v) is 2.73. The first-order chi connectivity index (χ1) is 9.65. The number of hydrogen-bond acceptors (Lipinski definition) is 4. The van der Waals surface area contributed by atoms with Crippen LogP contribution in [0.25, 0.3) is 0 Å². The van der Waals surface area contributed by atoms with Gasteiger partial charge >= 0.3 is 0 Å². The van der Waals surface area contributed by atoms with Crippen LogP contribution < -0.4 is 5.32 Å². The van der Waals surface area contributed by atoms with Crippen molar-refractivity contribution in [2.45, 2.75) is 57.8 Å². The van der Waals surface area contributed by atoms with Gasteiger partial charge in [0.1, 0.15) is 0 Å². The molecule has 1 aromatic rings. The third-order valence-electron chi connectivity index (χ3n) is 3.89. The highest BCUT2D eigenvalue weighted by Gasteiger charge is 2.15. The van der Waals surface area contributed by atoms with Crippen molar-refractivity contribution < 1.29 is 9.84 Å². The standard InChI is InChI=1S/C15H27N3O2/c1-12-13(10-18(2)17-12)8-16-9-14(19)11-20-15-6-4-3-5-7-15/h10,14-16,19H,3-9,11H2,1-2H3. The van der Waals surface area contributed by atoms with Gasteiger partial charge in [-0.05, 0) is 19.8 Å². The molecule has 0 spiro atoms. The molecule has 0 aliphatic heterocycles. The molecule has 1 aliphatic carbocycles. The first-order valence-corrected chi connectivity index (χ1v) is 7.64. The predicted molar refractivity (Wildman–Crippen MR) is 78.5 cm³/mol. The normalized spacial score (nSPS) is 18.4. The monoisotopic (exact) mass is 281 g/mol. The zero-order valence-corrected chi connectivity index (χ0v) is 12.6. The fourth-order valence-electron chi connectivity index (χ4n) is 2.73. The summed E-state index contributed by atoms with van der Waals surface area (Å²) in [5.41, 5.74) is 2.21. The lowest BCUT2D eigenvalue weighted by Gasteiger charge is -2.23. The van der Waals surface area contributed by atoms with E-state index in [-0.39, 0.29) is 0 Å². The van der Waals surface area contributed by atoms with E-state index in [1.807, 2.05) is 24.9 Å². The Morgan fingerprint density at radius 3 is 2.85 bits per heavy atom. The van der Waals surface area contributed by atoms with Gasteiger partial charge in [0.15, 0.2) is 0 Å². The van der Waals surface area contributed by atoms with Crippen LogP contribution in [0.5, 0.6) is 0 Å². The van der Waals surface area contributed by atoms with Crippen LogP contribution in [-0.2, 0) is 18.3 Å². The molecule has 20 heavy (non-hydrogen) atoms. The van der Waals surface area contributed by atoms with Gasteiger partial charge < -0.3 is 15.2 Å². The van der Waals surface area contributed by atoms with Gasteiger partial charge in [-0.1, -0.05) is 19.3 Å². The number of rotatable bonds is 7. The van der Waals surface area contributed by atoms with E-state index in [9.17, 15) is 5.11 Å². The third kappa shape index (κ3) is 4.89. The van der Waals surface area contributed by atoms with E-state index in [1.165, 1.54) is 24.8 Å². The number of nitrogens with one attached hydrogen (secondary N) is 1. The Morgan fingerprint density at radius 1 is 1.45 bits per heavy atom. The predicted octanol–water partition coefficient (Wildman–Crippen LogP) is 1.53. The van der Waals surface area contributed by atoms with Crippen LogP contribution in [0, 0.1) is 6.92 Å². The van der Waals surface area contributed by atoms with E-state index in [0.717, 1.165) is 25.1 Å². The van der Waals surface area contributed by atoms with E-state index in [0.29, 0.717) is 19.3 Å². The summed E-state index contributed by atoms with van der Waals surface area (Å²) in [4.78, 5) is 0. The molecule has 2 N–H and O–H groups in total. The van der Waals surface area contributed by atoms with Gasteiger partial charge in [-0.15, -0.1) is 0 Å². The second-order valence-electron chi connectivity index (χ2n) is 5.79. The van der Waals surface area contributed by atoms with E-state index < -0.39 is 6.10 Å². The summed E-state index contributed by atoms with van der Waals surface area (Å²) < 4.78 is 7.58. The average Bonchev–Trinajstić information content (AvgIpc) is 2.76. The van der Waals surface area contributed by atoms with Gasteiger partial charge in [-0.2, -0.15) is 5.10 Å². The van der Waals surface area contributed by atoms with Crippen LogP contribution in [0.15, 0.2) is 6.20 Å². The Hall–Kier alpha value is -0.910. The topological polar surface area (TPSA) is 59.3 Å². The SMILES string of the molecule is Cc1nn(C)cc1CNCC(O)COC1CCCCC1. The second-order valence-corrected chi connectivity index (χ2v) is 5.79. The average molecular weight is 281 g/mol. The molecule has 1 fully saturated rings. The molecule has 0 amide bonds. The molecule has 0 saturated heterocycles. The molecule has 1 saturated carbocycles. The molecule has 0 radical (unpaired) electrons. The summed E-state index contributed by atoms with van der Waals surface area (Å²) in [5, 5.41) is 17.5. The molecule has 5 heteroatoms. The van der Waals surface area contributed by atoms with Crippen molar-refractivity contribution >= 4 is 0 Å². The zero-order chi connectivity index (χ0) is 14.4. The van der Waals surface area contributed by atoms with Crippen LogP contribution >= 0.6 is 0 Å². The van der Waals surface area contributed by atoms with Crippen molar-refractivity contribution in [2.75, 3.05) is 13.2 Å². The Labute approximate surface area is 121 Å². The number of aliphatic hydroxyl groups excluding tert-OH is 1. The smallest absolute Gasteiger partial charge is 0.0897 e. The summed E-state index contributed by atoms with van der Waals surface area (Å²) in [6.07, 6.45) is 8.08. The minimum atomic E-state index is -0.436. The lowest BCUT2D eigenvalue weighted by molar-refractivity contribution is -0.0230. The zero-order valence-electron chi connectivity index (χ0n) is 12.6. The highest BCUT2D eigenvalue weighted by molar-refractivity contribution is 5.14. The van der Waals surface area contributed by atoms with Gasteiger partial charge in [-0.3, -0.25) is 4.68 Å². The number of aromatic nitrogens is 2. The van der Waals surface area contributed by atoms with Crippen molar-refractivity contribution in [3.8, 4) is 0 Å². The minimum Gasteiger partial charge on any atom is -0.389 e. The third-order valence-corrected chi connectivity index (χ3v) is 3.89. The van der Waals surface area contributed by atoms with Crippen LogP contribution in [0.4, 0.5) is 0 Å². The maximum absolute atomic E-state index is 9.92. The van der Waals surface area contributed by atoms with Crippen molar-refractivity contribution in [3.63, 3.8) is 0 Å². The maximum Gasteiger partial charge on any atom is 0.0897 e. The number of aliphatic hydroxyl groups is 1. The Kier molecular flexibility index (Phi) is 6.01. The van der Waals surface area contributed by atoms with Gasteiger partial charge in [0, 0.05) is 31.9 Å². The summed E-state index contributed by atoms with van der Waals surface area (Å²) in [7, 11) is 1.92. The van der Waals surface area contributed by atoms with E-state index in [1.54, 1.807) is 0 Å². The van der Waals surface area contributed by atoms with Crippen LogP contribution in [0.1, 0.15) is 43.4 Å². The highest BCUT2D eigenvalue weighted by atomic mass is 16.5. The van der Waals surface area contributed by atoms with Crippen LogP contribution in [0.3, 0.4) is 0 Å². The Bertz CT molecular complexity index is 400. The largest absolute Gasteiger partial charge is 0.389 e. The first kappa shape index (κ1) is 15.5. The van der Waals surface area contributed by atoms with Crippen LogP contribution in [-0.4, -0.2) is 40.2 Å². The molecule has 1 atom stereocenters.